The van der Waals surface area contributed by atoms with Gasteiger partial charge in [-0.3, -0.25) is 0 Å². The van der Waals surface area contributed by atoms with Gasteiger partial charge in [-0.2, -0.15) is 9.59 Å². The van der Waals surface area contributed by atoms with Gasteiger partial charge in [0.05, 0.1) is 28.3 Å². The van der Waals surface area contributed by atoms with Crippen molar-refractivity contribution in [1.29, 1.82) is 0 Å². The monoisotopic (exact) mass is 493 g/mol. The molecule has 4 rings (SSSR count). The lowest BCUT2D eigenvalue weighted by Crippen LogP contribution is -2.06. The fourth-order valence-corrected chi connectivity index (χ4v) is 4.12. The van der Waals surface area contributed by atoms with Crippen molar-refractivity contribution in [2.45, 2.75) is 11.5 Å². The van der Waals surface area contributed by atoms with Crippen LogP contribution in [0.25, 0.3) is 11.1 Å². The highest BCUT2D eigenvalue weighted by molar-refractivity contribution is 8.00. The second kappa shape index (κ2) is 10.4. The van der Waals surface area contributed by atoms with Gasteiger partial charge in [-0.25, -0.2) is 13.6 Å². The molecule has 170 valence electrons. The molecule has 0 fully saturated rings. The van der Waals surface area contributed by atoms with Crippen LogP contribution in [0, 0.1) is 11.6 Å². The van der Waals surface area contributed by atoms with Crippen LogP contribution in [0.15, 0.2) is 47.4 Å². The number of carbonyl (C=O) groups is 1. The van der Waals surface area contributed by atoms with Gasteiger partial charge in [0, 0.05) is 0 Å². The first-order valence-electron chi connectivity index (χ1n) is 9.07. The minimum Gasteiger partial charge on any atom is -0.505 e. The van der Waals surface area contributed by atoms with E-state index in [1.54, 1.807) is 6.07 Å². The van der Waals surface area contributed by atoms with Gasteiger partial charge in [0.15, 0.2) is 11.6 Å². The number of phenols is 1. The molecular formula is C22H14ClF2NO6S. The molecule has 3 aromatic carbocycles. The van der Waals surface area contributed by atoms with Crippen LogP contribution in [0.2, 0.25) is 5.02 Å². The number of nitrogens with one attached hydrogen (secondary N) is 1. The molecule has 0 atom stereocenters. The van der Waals surface area contributed by atoms with Gasteiger partial charge in [0.1, 0.15) is 18.2 Å². The summed E-state index contributed by atoms with van der Waals surface area (Å²) in [5.74, 6) is -2.18. The molecule has 1 aliphatic heterocycles. The zero-order valence-electron chi connectivity index (χ0n) is 16.8. The Morgan fingerprint density at radius 3 is 2.58 bits per heavy atom. The molecule has 7 nitrogen and oxygen atoms in total. The molecule has 0 amide bonds. The third-order valence-corrected chi connectivity index (χ3v) is 5.67. The molecule has 0 unspecified atom stereocenters. The number of carbonyl (C=O) groups excluding carboxylic acids is 3. The highest BCUT2D eigenvalue weighted by Crippen LogP contribution is 2.41. The van der Waals surface area contributed by atoms with Crippen LogP contribution in [0.3, 0.4) is 0 Å². The van der Waals surface area contributed by atoms with E-state index < -0.39 is 17.6 Å². The van der Waals surface area contributed by atoms with E-state index in [0.717, 1.165) is 11.9 Å². The summed E-state index contributed by atoms with van der Waals surface area (Å²) in [5, 5.41) is 10.2. The number of fused-ring (bicyclic) bond motifs is 6. The van der Waals surface area contributed by atoms with E-state index >= 15 is 0 Å². The largest absolute Gasteiger partial charge is 0.505 e. The average Bonchev–Trinajstić information content (AvgIpc) is 2.79. The van der Waals surface area contributed by atoms with Crippen LogP contribution >= 0.6 is 23.5 Å². The number of esters is 1. The Hall–Kier alpha value is -3.59. The Bertz CT molecular complexity index is 1260. The van der Waals surface area contributed by atoms with Gasteiger partial charge in [-0.1, -0.05) is 17.7 Å². The first-order chi connectivity index (χ1) is 15.8. The van der Waals surface area contributed by atoms with E-state index in [9.17, 15) is 18.7 Å². The van der Waals surface area contributed by atoms with Crippen LogP contribution in [-0.2, 0) is 20.9 Å². The Kier molecular flexibility index (Phi) is 7.55. The number of rotatable bonds is 1. The smallest absolute Gasteiger partial charge is 0.373 e. The van der Waals surface area contributed by atoms with Gasteiger partial charge in [0.25, 0.3) is 0 Å². The summed E-state index contributed by atoms with van der Waals surface area (Å²) in [4.78, 5) is 29.0. The summed E-state index contributed by atoms with van der Waals surface area (Å²) in [6.07, 6.45) is 0.250. The van der Waals surface area contributed by atoms with Crippen LogP contribution in [-0.4, -0.2) is 24.3 Å². The van der Waals surface area contributed by atoms with Gasteiger partial charge in [-0.15, -0.1) is 0 Å². The molecule has 1 heterocycles. The van der Waals surface area contributed by atoms with Crippen molar-refractivity contribution in [3.05, 3.63) is 70.2 Å². The SMILES string of the molecule is COc1c(F)cc2cc1NSc1cc(cc(Cl)c1O)C(=O)OCc1ccc(F)cc1-2.O=C=O. The normalized spacial score (nSPS) is 12.2. The van der Waals surface area contributed by atoms with Gasteiger partial charge < -0.3 is 19.3 Å². The third-order valence-electron chi connectivity index (χ3n) is 4.52. The lowest BCUT2D eigenvalue weighted by Gasteiger charge is -2.15. The quantitative estimate of drug-likeness (QED) is 0.352. The van der Waals surface area contributed by atoms with Gasteiger partial charge in [0.2, 0.25) is 0 Å². The number of cyclic esters (lactones) is 1. The number of anilines is 1. The number of ether oxygens (including phenoxy) is 2. The Labute approximate surface area is 195 Å². The number of phenolic OH excluding ortho intramolecular Hbond substituents is 1. The number of aromatic hydroxyl groups is 1. The molecule has 3 aromatic rings. The average molecular weight is 494 g/mol. The summed E-state index contributed by atoms with van der Waals surface area (Å²) in [5.41, 5.74) is 1.58. The maximum absolute atomic E-state index is 14.7. The minimum atomic E-state index is -0.677. The van der Waals surface area contributed by atoms with Crippen LogP contribution < -0.4 is 9.46 Å². The Morgan fingerprint density at radius 1 is 1.15 bits per heavy atom. The molecule has 4 bridgehead atoms. The lowest BCUT2D eigenvalue weighted by molar-refractivity contribution is -0.191. The lowest BCUT2D eigenvalue weighted by atomic mass is 9.99. The van der Waals surface area contributed by atoms with E-state index in [0.29, 0.717) is 16.7 Å². The van der Waals surface area contributed by atoms with E-state index in [1.807, 2.05) is 0 Å². The fourth-order valence-electron chi connectivity index (χ4n) is 3.08. The van der Waals surface area contributed by atoms with Crippen molar-refractivity contribution in [2.24, 2.45) is 0 Å². The molecule has 0 aliphatic carbocycles. The molecule has 33 heavy (non-hydrogen) atoms. The molecule has 0 saturated heterocycles. The first-order valence-corrected chi connectivity index (χ1v) is 10.3. The van der Waals surface area contributed by atoms with Crippen LogP contribution in [0.1, 0.15) is 15.9 Å². The molecule has 0 spiro atoms. The van der Waals surface area contributed by atoms with E-state index in [4.69, 9.17) is 30.7 Å². The van der Waals surface area contributed by atoms with E-state index in [2.05, 4.69) is 4.72 Å². The second-order valence-electron chi connectivity index (χ2n) is 6.51. The zero-order valence-corrected chi connectivity index (χ0v) is 18.4. The third kappa shape index (κ3) is 5.25. The van der Waals surface area contributed by atoms with Crippen molar-refractivity contribution < 1.29 is 37.7 Å². The number of halogens is 3. The first kappa shape index (κ1) is 24.1. The summed E-state index contributed by atoms with van der Waals surface area (Å²) in [7, 11) is 1.32. The van der Waals surface area contributed by atoms with Crippen LogP contribution in [0.5, 0.6) is 11.5 Å². The van der Waals surface area contributed by atoms with Gasteiger partial charge in [-0.05, 0) is 65.0 Å². The number of methoxy groups -OCH3 is 1. The topological polar surface area (TPSA) is 102 Å². The van der Waals surface area contributed by atoms with Gasteiger partial charge >= 0.3 is 12.1 Å². The molecule has 0 saturated carbocycles. The number of hydrogen-bond acceptors (Lipinski definition) is 8. The molecule has 0 aromatic heterocycles. The summed E-state index contributed by atoms with van der Waals surface area (Å²) in [6, 6.07) is 9.42. The van der Waals surface area contributed by atoms with Crippen LogP contribution in [0.4, 0.5) is 14.5 Å². The van der Waals surface area contributed by atoms with E-state index in [-0.39, 0.29) is 45.4 Å². The number of benzene rings is 3. The van der Waals surface area contributed by atoms with Crippen molar-refractivity contribution in [1.82, 2.24) is 0 Å². The summed E-state index contributed by atoms with van der Waals surface area (Å²) in [6.45, 7) is -0.175. The maximum atomic E-state index is 14.7. The summed E-state index contributed by atoms with van der Waals surface area (Å²) >= 11 is 6.95. The predicted octanol–water partition coefficient (Wildman–Crippen LogP) is 5.21. The zero-order chi connectivity index (χ0) is 24.1. The molecular weight excluding hydrogens is 480 g/mol. The Morgan fingerprint density at radius 2 is 1.88 bits per heavy atom. The minimum absolute atomic E-state index is 0.0435. The van der Waals surface area contributed by atoms with Crippen molar-refractivity contribution in [3.8, 4) is 22.6 Å². The highest BCUT2D eigenvalue weighted by atomic mass is 35.5. The Balaban J connectivity index is 0.000000968. The van der Waals surface area contributed by atoms with Crippen molar-refractivity contribution in [2.75, 3.05) is 11.8 Å². The molecule has 2 N–H and O–H groups in total. The molecule has 1 aliphatic rings. The second-order valence-corrected chi connectivity index (χ2v) is 7.76. The van der Waals surface area contributed by atoms with Crippen molar-refractivity contribution >= 4 is 41.4 Å². The highest BCUT2D eigenvalue weighted by Gasteiger charge is 2.20. The van der Waals surface area contributed by atoms with E-state index in [1.165, 1.54) is 43.5 Å². The molecule has 0 radical (unpaired) electrons. The number of hydrogen-bond donors (Lipinski definition) is 2. The van der Waals surface area contributed by atoms with Crippen molar-refractivity contribution in [3.63, 3.8) is 0 Å². The fraction of sp³-hybridized carbons (Fsp3) is 0.0909. The molecule has 11 heteroatoms. The summed E-state index contributed by atoms with van der Waals surface area (Å²) < 4.78 is 42.1. The standard InChI is InChI=1S/C21H14ClF2NO4S.CO2/c1-28-20-16(24)5-11-6-17(20)25-30-18-7-12(4-15(22)19(18)26)21(27)29-9-10-2-3-13(23)8-14(10)11;2-1-3/h2-8,25-26H,9H2,1H3;. The predicted molar refractivity (Wildman–Crippen MR) is 115 cm³/mol. The maximum Gasteiger partial charge on any atom is 0.373 e.